The molecule has 0 unspecified atom stereocenters. The Balaban J connectivity index is 1.18. The zero-order chi connectivity index (χ0) is 37.8. The molecule has 0 saturated heterocycles. The predicted octanol–water partition coefficient (Wildman–Crippen LogP) is 12.6. The highest BCUT2D eigenvalue weighted by atomic mass is 15.0. The molecule has 0 amide bonds. The molecule has 0 radical (unpaired) electrons. The van der Waals surface area contributed by atoms with Crippen LogP contribution >= 0.6 is 0 Å². The number of nitriles is 2. The zero-order valence-electron chi connectivity index (χ0n) is 29.8. The third-order valence-electron chi connectivity index (χ3n) is 10.8. The topological polar surface area (TPSA) is 74.7 Å². The Kier molecular flexibility index (Phi) is 7.53. The number of benzene rings is 7. The van der Waals surface area contributed by atoms with Gasteiger partial charge in [-0.25, -0.2) is 4.85 Å². The van der Waals surface area contributed by atoms with Crippen LogP contribution in [0.25, 0.3) is 93.2 Å². The van der Waals surface area contributed by atoms with Gasteiger partial charge >= 0.3 is 0 Å². The Labute approximate surface area is 322 Å². The summed E-state index contributed by atoms with van der Waals surface area (Å²) in [5, 5.41) is 24.7. The van der Waals surface area contributed by atoms with Crippen LogP contribution in [0.2, 0.25) is 0 Å². The minimum atomic E-state index is 0.540. The largest absolute Gasteiger partial charge is 0.309 e. The molecule has 0 saturated carbocycles. The number of para-hydroxylation sites is 3. The van der Waals surface area contributed by atoms with Crippen LogP contribution in [-0.2, 0) is 0 Å². The molecule has 0 N–H and O–H groups in total. The van der Waals surface area contributed by atoms with Crippen LogP contribution in [0.4, 0.5) is 5.69 Å². The van der Waals surface area contributed by atoms with Crippen molar-refractivity contribution in [2.45, 2.75) is 0 Å². The van der Waals surface area contributed by atoms with E-state index in [9.17, 15) is 10.5 Å². The van der Waals surface area contributed by atoms with Gasteiger partial charge in [-0.3, -0.25) is 4.98 Å². The maximum Gasteiger partial charge on any atom is 0.194 e. The number of hydrogen-bond donors (Lipinski definition) is 0. The molecule has 6 nitrogen and oxygen atoms in total. The summed E-state index contributed by atoms with van der Waals surface area (Å²) in [6.07, 6.45) is 3.64. The van der Waals surface area contributed by atoms with Crippen molar-refractivity contribution in [3.8, 4) is 56.9 Å². The molecule has 56 heavy (non-hydrogen) atoms. The van der Waals surface area contributed by atoms with E-state index in [0.717, 1.165) is 88.4 Å². The van der Waals surface area contributed by atoms with Crippen molar-refractivity contribution in [2.24, 2.45) is 0 Å². The average Bonchev–Trinajstić information content (AvgIpc) is 3.78. The molecule has 0 bridgehead atoms. The molecular formula is C50H28N6. The van der Waals surface area contributed by atoms with Gasteiger partial charge in [-0.2, -0.15) is 10.5 Å². The second kappa shape index (κ2) is 13.0. The minimum absolute atomic E-state index is 0.540. The van der Waals surface area contributed by atoms with E-state index in [1.165, 1.54) is 0 Å². The molecule has 0 aliphatic rings. The molecule has 3 aromatic heterocycles. The molecule has 6 heteroatoms. The van der Waals surface area contributed by atoms with Crippen molar-refractivity contribution in [3.05, 3.63) is 193 Å². The number of fused-ring (bicyclic) bond motifs is 6. The fraction of sp³-hybridized carbons (Fsp3) is 0. The monoisotopic (exact) mass is 712 g/mol. The van der Waals surface area contributed by atoms with Crippen molar-refractivity contribution >= 4 is 49.3 Å². The normalized spacial score (nSPS) is 11.2. The van der Waals surface area contributed by atoms with E-state index >= 15 is 0 Å². The van der Waals surface area contributed by atoms with Crippen molar-refractivity contribution in [3.63, 3.8) is 0 Å². The Hall–Kier alpha value is -8.24. The number of nitrogens with zero attached hydrogens (tertiary/aromatic N) is 6. The molecule has 0 aliphatic heterocycles. The molecule has 10 rings (SSSR count). The predicted molar refractivity (Wildman–Crippen MR) is 225 cm³/mol. The highest BCUT2D eigenvalue weighted by Gasteiger charge is 2.20. The van der Waals surface area contributed by atoms with E-state index in [1.54, 1.807) is 6.20 Å². The summed E-state index contributed by atoms with van der Waals surface area (Å²) in [5.41, 5.74) is 13.0. The Morgan fingerprint density at radius 2 is 1.05 bits per heavy atom. The van der Waals surface area contributed by atoms with Crippen LogP contribution in [0, 0.1) is 29.2 Å². The average molecular weight is 713 g/mol. The van der Waals surface area contributed by atoms with Crippen LogP contribution in [-0.4, -0.2) is 14.1 Å². The van der Waals surface area contributed by atoms with Crippen LogP contribution in [0.15, 0.2) is 170 Å². The standard InChI is InChI=1S/C50H28N6/c1-53-45-15-7-4-12-38(45)33-20-22-48-42(27-33)39-13-5-8-16-46(39)55(48)36-21-18-35(30-52)41(28-36)44-31-54-25-24-50(44)56-47-17-9-6-14-40(47)43-26-32(19-23-49(43)56)37-11-3-2-10-34(37)29-51/h2-28,31H. The molecule has 0 spiro atoms. The van der Waals surface area contributed by atoms with E-state index in [-0.39, 0.29) is 0 Å². The summed E-state index contributed by atoms with van der Waals surface area (Å²) in [6, 6.07) is 57.6. The molecule has 0 aliphatic carbocycles. The Bertz CT molecular complexity index is 3360. The Morgan fingerprint density at radius 1 is 0.482 bits per heavy atom. The van der Waals surface area contributed by atoms with Crippen LogP contribution in [0.1, 0.15) is 11.1 Å². The first-order valence-electron chi connectivity index (χ1n) is 18.2. The van der Waals surface area contributed by atoms with E-state index in [4.69, 9.17) is 6.57 Å². The summed E-state index contributed by atoms with van der Waals surface area (Å²) < 4.78 is 4.50. The number of aromatic nitrogens is 3. The van der Waals surface area contributed by atoms with Gasteiger partial charge in [-0.15, -0.1) is 0 Å². The fourth-order valence-corrected chi connectivity index (χ4v) is 8.25. The third kappa shape index (κ3) is 4.97. The lowest BCUT2D eigenvalue weighted by Crippen LogP contribution is -2.01. The van der Waals surface area contributed by atoms with Gasteiger partial charge in [-0.05, 0) is 89.0 Å². The highest BCUT2D eigenvalue weighted by molar-refractivity contribution is 6.12. The lowest BCUT2D eigenvalue weighted by Gasteiger charge is -2.16. The van der Waals surface area contributed by atoms with E-state index in [1.807, 2.05) is 91.1 Å². The smallest absolute Gasteiger partial charge is 0.194 e. The molecule has 0 atom stereocenters. The van der Waals surface area contributed by atoms with Crippen LogP contribution in [0.5, 0.6) is 0 Å². The first-order valence-corrected chi connectivity index (χ1v) is 18.2. The SMILES string of the molecule is [C-]#[N+]c1ccccc1-c1ccc2c(c1)c1ccccc1n2-c1ccc(C#N)c(-c2cnccc2-n2c3ccccc3c3cc(-c4ccccc4C#N)ccc32)c1. The molecule has 10 aromatic rings. The van der Waals surface area contributed by atoms with Gasteiger partial charge in [0.1, 0.15) is 0 Å². The summed E-state index contributed by atoms with van der Waals surface area (Å²) in [5.74, 6) is 0. The van der Waals surface area contributed by atoms with E-state index < -0.39 is 0 Å². The van der Waals surface area contributed by atoms with Crippen molar-refractivity contribution in [2.75, 3.05) is 0 Å². The van der Waals surface area contributed by atoms with Gasteiger partial charge in [0, 0.05) is 50.8 Å². The van der Waals surface area contributed by atoms with Gasteiger partial charge < -0.3 is 9.13 Å². The molecular weight excluding hydrogens is 685 g/mol. The van der Waals surface area contributed by atoms with E-state index in [0.29, 0.717) is 16.8 Å². The molecule has 7 aromatic carbocycles. The van der Waals surface area contributed by atoms with Gasteiger partial charge in [0.15, 0.2) is 5.69 Å². The minimum Gasteiger partial charge on any atom is -0.309 e. The summed E-state index contributed by atoms with van der Waals surface area (Å²) in [7, 11) is 0. The first-order chi connectivity index (χ1) is 27.7. The lowest BCUT2D eigenvalue weighted by molar-refractivity contribution is 1.15. The summed E-state index contributed by atoms with van der Waals surface area (Å²) in [6.45, 7) is 7.75. The maximum atomic E-state index is 10.5. The third-order valence-corrected chi connectivity index (χ3v) is 10.8. The number of rotatable bonds is 5. The number of pyridine rings is 1. The lowest BCUT2D eigenvalue weighted by atomic mass is 9.98. The first kappa shape index (κ1) is 32.4. The second-order valence-corrected chi connectivity index (χ2v) is 13.7. The van der Waals surface area contributed by atoms with E-state index in [2.05, 4.69) is 104 Å². The van der Waals surface area contributed by atoms with Crippen molar-refractivity contribution < 1.29 is 0 Å². The molecule has 3 heterocycles. The van der Waals surface area contributed by atoms with Crippen molar-refractivity contribution in [1.29, 1.82) is 10.5 Å². The quantitative estimate of drug-likeness (QED) is 0.167. The zero-order valence-corrected chi connectivity index (χ0v) is 29.8. The number of hydrogen-bond acceptors (Lipinski definition) is 3. The van der Waals surface area contributed by atoms with Gasteiger partial charge in [0.05, 0.1) is 57.6 Å². The van der Waals surface area contributed by atoms with Crippen LogP contribution in [0.3, 0.4) is 0 Å². The van der Waals surface area contributed by atoms with Crippen molar-refractivity contribution in [1.82, 2.24) is 14.1 Å². The fourth-order valence-electron chi connectivity index (χ4n) is 8.25. The van der Waals surface area contributed by atoms with Gasteiger partial charge in [0.2, 0.25) is 0 Å². The Morgan fingerprint density at radius 3 is 1.77 bits per heavy atom. The molecule has 0 fully saturated rings. The van der Waals surface area contributed by atoms with Gasteiger partial charge in [0.25, 0.3) is 0 Å². The second-order valence-electron chi connectivity index (χ2n) is 13.7. The van der Waals surface area contributed by atoms with Crippen LogP contribution < -0.4 is 0 Å². The highest BCUT2D eigenvalue weighted by Crippen LogP contribution is 2.41. The van der Waals surface area contributed by atoms with Gasteiger partial charge in [-0.1, -0.05) is 91.0 Å². The summed E-state index contributed by atoms with van der Waals surface area (Å²) in [4.78, 5) is 8.38. The molecule has 258 valence electrons. The maximum absolute atomic E-state index is 10.5. The summed E-state index contributed by atoms with van der Waals surface area (Å²) >= 11 is 0.